The molecule has 47 heavy (non-hydrogen) atoms. The zero-order valence-corrected chi connectivity index (χ0v) is 25.2. The van der Waals surface area contributed by atoms with Crippen LogP contribution < -0.4 is 0 Å². The van der Waals surface area contributed by atoms with Crippen LogP contribution in [0.15, 0.2) is 158 Å². The van der Waals surface area contributed by atoms with Gasteiger partial charge in [-0.25, -0.2) is 15.0 Å². The fraction of sp³-hybridized carbons (Fsp3) is 0. The Kier molecular flexibility index (Phi) is 5.48. The molecule has 6 nitrogen and oxygen atoms in total. The van der Waals surface area contributed by atoms with E-state index in [-0.39, 0.29) is 0 Å². The van der Waals surface area contributed by atoms with Crippen molar-refractivity contribution in [3.05, 3.63) is 158 Å². The highest BCUT2D eigenvalue weighted by molar-refractivity contribution is 6.18. The molecule has 0 N–H and O–H groups in total. The van der Waals surface area contributed by atoms with Crippen LogP contribution in [0.25, 0.3) is 83.4 Å². The van der Waals surface area contributed by atoms with E-state index in [1.807, 2.05) is 48.8 Å². The van der Waals surface area contributed by atoms with Gasteiger partial charge in [0.15, 0.2) is 0 Å². The first-order chi connectivity index (χ1) is 23.3. The molecule has 0 aliphatic carbocycles. The van der Waals surface area contributed by atoms with Gasteiger partial charge in [0, 0.05) is 45.3 Å². The largest absolute Gasteiger partial charge is 0.309 e. The molecule has 0 fully saturated rings. The summed E-state index contributed by atoms with van der Waals surface area (Å²) in [7, 11) is 0. The lowest BCUT2D eigenvalue weighted by Gasteiger charge is -2.10. The number of hydrogen-bond acceptors (Lipinski definition) is 3. The molecule has 0 spiro atoms. The number of para-hydroxylation sites is 6. The first kappa shape index (κ1) is 25.8. The van der Waals surface area contributed by atoms with Crippen LogP contribution in [0, 0.1) is 0 Å². The van der Waals surface area contributed by atoms with Crippen molar-refractivity contribution in [3.63, 3.8) is 0 Å². The Bertz CT molecular complexity index is 2770. The Morgan fingerprint density at radius 2 is 0.872 bits per heavy atom. The van der Waals surface area contributed by atoms with Crippen LogP contribution in [0.4, 0.5) is 0 Å². The normalized spacial score (nSPS) is 11.8. The molecule has 0 bridgehead atoms. The predicted octanol–water partition coefficient (Wildman–Crippen LogP) is 9.68. The fourth-order valence-corrected chi connectivity index (χ4v) is 7.11. The average molecular weight is 603 g/mol. The summed E-state index contributed by atoms with van der Waals surface area (Å²) >= 11 is 0. The second-order valence-electron chi connectivity index (χ2n) is 11.8. The maximum atomic E-state index is 5.02. The highest BCUT2D eigenvalue weighted by atomic mass is 15.2. The van der Waals surface area contributed by atoms with Gasteiger partial charge in [0.25, 0.3) is 0 Å². The Hall–Kier alpha value is -6.53. The van der Waals surface area contributed by atoms with Crippen LogP contribution in [0.5, 0.6) is 0 Å². The minimum Gasteiger partial charge on any atom is -0.309 e. The molecule has 220 valence electrons. The van der Waals surface area contributed by atoms with Crippen molar-refractivity contribution >= 4 is 54.6 Å². The van der Waals surface area contributed by atoms with Gasteiger partial charge in [0.1, 0.15) is 5.82 Å². The maximum Gasteiger partial charge on any atom is 0.234 e. The molecule has 10 rings (SSSR count). The molecule has 0 aliphatic heterocycles. The number of rotatable bonds is 4. The van der Waals surface area contributed by atoms with Crippen LogP contribution in [0.1, 0.15) is 0 Å². The van der Waals surface area contributed by atoms with Crippen molar-refractivity contribution in [1.29, 1.82) is 0 Å². The van der Waals surface area contributed by atoms with E-state index < -0.39 is 0 Å². The molecule has 4 heterocycles. The summed E-state index contributed by atoms with van der Waals surface area (Å²) < 4.78 is 6.72. The maximum absolute atomic E-state index is 5.02. The minimum atomic E-state index is 0.619. The Labute approximate surface area is 269 Å². The number of hydrogen-bond donors (Lipinski definition) is 0. The molecule has 4 aromatic heterocycles. The smallest absolute Gasteiger partial charge is 0.234 e. The van der Waals surface area contributed by atoms with Gasteiger partial charge in [-0.1, -0.05) is 84.9 Å². The van der Waals surface area contributed by atoms with Gasteiger partial charge < -0.3 is 4.57 Å². The lowest BCUT2D eigenvalue weighted by atomic mass is 10.1. The van der Waals surface area contributed by atoms with Crippen molar-refractivity contribution in [1.82, 2.24) is 28.7 Å². The third-order valence-corrected chi connectivity index (χ3v) is 9.15. The number of imidazole rings is 1. The van der Waals surface area contributed by atoms with E-state index in [0.717, 1.165) is 55.6 Å². The number of aromatic nitrogens is 6. The van der Waals surface area contributed by atoms with E-state index in [9.17, 15) is 0 Å². The van der Waals surface area contributed by atoms with E-state index in [0.29, 0.717) is 5.95 Å². The molecule has 0 saturated heterocycles. The van der Waals surface area contributed by atoms with Crippen molar-refractivity contribution in [3.8, 4) is 28.7 Å². The first-order valence-corrected chi connectivity index (χ1v) is 15.7. The van der Waals surface area contributed by atoms with Gasteiger partial charge in [-0.3, -0.25) is 9.13 Å². The van der Waals surface area contributed by atoms with Crippen LogP contribution >= 0.6 is 0 Å². The Morgan fingerprint density at radius 3 is 1.51 bits per heavy atom. The Balaban J connectivity index is 1.20. The van der Waals surface area contributed by atoms with E-state index in [1.165, 1.54) is 21.8 Å². The minimum absolute atomic E-state index is 0.619. The summed E-state index contributed by atoms with van der Waals surface area (Å²) in [4.78, 5) is 15.0. The van der Waals surface area contributed by atoms with Gasteiger partial charge >= 0.3 is 0 Å². The van der Waals surface area contributed by atoms with E-state index in [4.69, 9.17) is 15.0 Å². The molecule has 0 amide bonds. The van der Waals surface area contributed by atoms with Crippen LogP contribution in [-0.2, 0) is 0 Å². The molecule has 6 aromatic carbocycles. The highest BCUT2D eigenvalue weighted by Crippen LogP contribution is 2.39. The molecule has 0 atom stereocenters. The van der Waals surface area contributed by atoms with E-state index in [1.54, 1.807) is 0 Å². The van der Waals surface area contributed by atoms with E-state index in [2.05, 4.69) is 123 Å². The zero-order valence-electron chi connectivity index (χ0n) is 25.2. The first-order valence-electron chi connectivity index (χ1n) is 15.7. The van der Waals surface area contributed by atoms with Gasteiger partial charge in [-0.2, -0.15) is 0 Å². The topological polar surface area (TPSA) is 53.5 Å². The van der Waals surface area contributed by atoms with Crippen molar-refractivity contribution < 1.29 is 0 Å². The molecule has 0 saturated carbocycles. The molecular weight excluding hydrogens is 576 g/mol. The number of benzene rings is 6. The monoisotopic (exact) mass is 602 g/mol. The highest BCUT2D eigenvalue weighted by Gasteiger charge is 2.20. The van der Waals surface area contributed by atoms with Crippen LogP contribution in [0.2, 0.25) is 0 Å². The van der Waals surface area contributed by atoms with Gasteiger partial charge in [0.05, 0.1) is 38.7 Å². The summed E-state index contributed by atoms with van der Waals surface area (Å²) in [6.07, 6.45) is 3.78. The van der Waals surface area contributed by atoms with Crippen LogP contribution in [-0.4, -0.2) is 28.7 Å². The van der Waals surface area contributed by atoms with Gasteiger partial charge in [-0.05, 0) is 60.7 Å². The third-order valence-electron chi connectivity index (χ3n) is 9.15. The lowest BCUT2D eigenvalue weighted by Crippen LogP contribution is -2.02. The molecule has 0 aliphatic rings. The Morgan fingerprint density at radius 1 is 0.383 bits per heavy atom. The number of nitrogens with zero attached hydrogens (tertiary/aromatic N) is 6. The predicted molar refractivity (Wildman–Crippen MR) is 191 cm³/mol. The second-order valence-corrected chi connectivity index (χ2v) is 11.8. The van der Waals surface area contributed by atoms with Crippen molar-refractivity contribution in [2.45, 2.75) is 0 Å². The summed E-state index contributed by atoms with van der Waals surface area (Å²) in [5.41, 5.74) is 9.48. The molecular formula is C41H26N6. The fourth-order valence-electron chi connectivity index (χ4n) is 7.11. The van der Waals surface area contributed by atoms with Crippen molar-refractivity contribution in [2.75, 3.05) is 0 Å². The average Bonchev–Trinajstić information content (AvgIpc) is 3.79. The SMILES string of the molecule is c1ccc(-n2c(-c3cnc(-n4c5ccccc5c5cc6c(cc54)c4ccccc4n6-c4ccccc4)nc3)nc3ccccc32)cc1. The second kappa shape index (κ2) is 9.99. The summed E-state index contributed by atoms with van der Waals surface area (Å²) in [5, 5.41) is 4.72. The summed E-state index contributed by atoms with van der Waals surface area (Å²) in [6, 6.07) is 50.9. The molecule has 6 heteroatoms. The van der Waals surface area contributed by atoms with E-state index >= 15 is 0 Å². The summed E-state index contributed by atoms with van der Waals surface area (Å²) in [5.74, 6) is 1.43. The van der Waals surface area contributed by atoms with Gasteiger partial charge in [-0.15, -0.1) is 0 Å². The zero-order chi connectivity index (χ0) is 30.9. The summed E-state index contributed by atoms with van der Waals surface area (Å²) in [6.45, 7) is 0. The lowest BCUT2D eigenvalue weighted by molar-refractivity contribution is 0.983. The van der Waals surface area contributed by atoms with Gasteiger partial charge in [0.2, 0.25) is 5.95 Å². The third kappa shape index (κ3) is 3.82. The quantitative estimate of drug-likeness (QED) is 0.202. The number of fused-ring (bicyclic) bond motifs is 7. The molecule has 0 radical (unpaired) electrons. The molecule has 10 aromatic rings. The molecule has 0 unspecified atom stereocenters. The van der Waals surface area contributed by atoms with Crippen LogP contribution in [0.3, 0.4) is 0 Å². The standard InChI is InChI=1S/C41H26N6/c1-3-13-28(14-4-1)45-35-20-10-7-17-30(35)32-24-39-33(23-38(32)45)31-18-8-11-21-36(31)47(39)41-42-25-27(26-43-41)40-44-34-19-9-12-22-37(34)46(40)29-15-5-2-6-16-29/h1-26H. The van der Waals surface area contributed by atoms with Crippen molar-refractivity contribution in [2.24, 2.45) is 0 Å².